The molecule has 4 nitrogen and oxygen atoms in total. The molecule has 0 aromatic carbocycles. The van der Waals surface area contributed by atoms with Crippen molar-refractivity contribution in [2.75, 3.05) is 0 Å². The van der Waals surface area contributed by atoms with E-state index in [2.05, 4.69) is 0 Å². The van der Waals surface area contributed by atoms with Crippen LogP contribution in [-0.2, 0) is 9.59 Å². The van der Waals surface area contributed by atoms with Gasteiger partial charge in [0.25, 0.3) is 0 Å². The minimum atomic E-state index is -0.666. The summed E-state index contributed by atoms with van der Waals surface area (Å²) in [6.07, 6.45) is 3.42. The summed E-state index contributed by atoms with van der Waals surface area (Å²) in [5, 5.41) is 19.4. The van der Waals surface area contributed by atoms with Gasteiger partial charge in [-0.05, 0) is 39.5 Å². The standard InChI is InChI=1S/C15H20O4/c1-8(2)6-5-7-9(3)11-14(18)12(16)10(4)13(17)15(11)19/h6,9,16,19H,5,7H2,1-4H3. The van der Waals surface area contributed by atoms with Gasteiger partial charge in [0.05, 0.1) is 5.57 Å². The molecule has 0 saturated carbocycles. The summed E-state index contributed by atoms with van der Waals surface area (Å²) < 4.78 is 0. The maximum absolute atomic E-state index is 11.9. The van der Waals surface area contributed by atoms with Crippen molar-refractivity contribution in [1.82, 2.24) is 0 Å². The number of aliphatic hydroxyl groups excluding tert-OH is 2. The molecule has 0 radical (unpaired) electrons. The first-order valence-electron chi connectivity index (χ1n) is 6.33. The Bertz CT molecular complexity index is 502. The summed E-state index contributed by atoms with van der Waals surface area (Å²) in [7, 11) is 0. The van der Waals surface area contributed by atoms with Crippen molar-refractivity contribution in [3.63, 3.8) is 0 Å². The quantitative estimate of drug-likeness (QED) is 0.604. The fourth-order valence-corrected chi connectivity index (χ4v) is 2.04. The van der Waals surface area contributed by atoms with Gasteiger partial charge < -0.3 is 10.2 Å². The van der Waals surface area contributed by atoms with Crippen LogP contribution in [0.4, 0.5) is 0 Å². The first-order chi connectivity index (χ1) is 8.77. The molecule has 0 heterocycles. The Kier molecular flexibility index (Phi) is 4.70. The Morgan fingerprint density at radius 3 is 2.26 bits per heavy atom. The van der Waals surface area contributed by atoms with Crippen LogP contribution in [0.15, 0.2) is 34.3 Å². The number of ketones is 2. The molecule has 0 aromatic heterocycles. The highest BCUT2D eigenvalue weighted by molar-refractivity contribution is 6.23. The molecule has 1 aliphatic carbocycles. The highest BCUT2D eigenvalue weighted by atomic mass is 16.3. The number of carbonyl (C=O) groups is 2. The van der Waals surface area contributed by atoms with E-state index in [9.17, 15) is 19.8 Å². The topological polar surface area (TPSA) is 74.6 Å². The van der Waals surface area contributed by atoms with Gasteiger partial charge in [0.1, 0.15) is 0 Å². The lowest BCUT2D eigenvalue weighted by Gasteiger charge is -2.20. The maximum atomic E-state index is 11.9. The van der Waals surface area contributed by atoms with Crippen molar-refractivity contribution in [3.05, 3.63) is 34.3 Å². The van der Waals surface area contributed by atoms with E-state index in [1.165, 1.54) is 12.5 Å². The highest BCUT2D eigenvalue weighted by Gasteiger charge is 2.34. The van der Waals surface area contributed by atoms with Gasteiger partial charge in [0.2, 0.25) is 11.6 Å². The molecule has 0 fully saturated rings. The number of rotatable bonds is 4. The predicted molar refractivity (Wildman–Crippen MR) is 72.8 cm³/mol. The third-order valence-corrected chi connectivity index (χ3v) is 3.27. The van der Waals surface area contributed by atoms with Crippen LogP contribution in [0.1, 0.15) is 40.5 Å². The second kappa shape index (κ2) is 5.87. The van der Waals surface area contributed by atoms with Crippen molar-refractivity contribution in [3.8, 4) is 0 Å². The van der Waals surface area contributed by atoms with Gasteiger partial charge in [-0.2, -0.15) is 0 Å². The first kappa shape index (κ1) is 15.2. The van der Waals surface area contributed by atoms with Crippen molar-refractivity contribution < 1.29 is 19.8 Å². The number of carbonyl (C=O) groups excluding carboxylic acids is 2. The van der Waals surface area contributed by atoms with Crippen molar-refractivity contribution in [2.24, 2.45) is 5.92 Å². The van der Waals surface area contributed by atoms with Crippen LogP contribution in [0.25, 0.3) is 0 Å². The van der Waals surface area contributed by atoms with Crippen LogP contribution < -0.4 is 0 Å². The van der Waals surface area contributed by atoms with Crippen LogP contribution in [0.3, 0.4) is 0 Å². The van der Waals surface area contributed by atoms with Crippen molar-refractivity contribution in [1.29, 1.82) is 0 Å². The van der Waals surface area contributed by atoms with E-state index in [0.29, 0.717) is 6.42 Å². The Morgan fingerprint density at radius 1 is 1.16 bits per heavy atom. The third-order valence-electron chi connectivity index (χ3n) is 3.27. The van der Waals surface area contributed by atoms with Gasteiger partial charge >= 0.3 is 0 Å². The number of Topliss-reactive ketones (excluding diaryl/α,β-unsaturated/α-hetero) is 2. The minimum absolute atomic E-state index is 0.0234. The van der Waals surface area contributed by atoms with Crippen LogP contribution >= 0.6 is 0 Å². The molecule has 1 rings (SSSR count). The van der Waals surface area contributed by atoms with Gasteiger partial charge in [-0.15, -0.1) is 0 Å². The molecule has 0 bridgehead atoms. The highest BCUT2D eigenvalue weighted by Crippen LogP contribution is 2.29. The SMILES string of the molecule is CC(C)=CCCC(C)C1=C(O)C(=O)C(C)=C(O)C1=O. The smallest absolute Gasteiger partial charge is 0.227 e. The summed E-state index contributed by atoms with van der Waals surface area (Å²) >= 11 is 0. The molecule has 0 spiro atoms. The summed E-state index contributed by atoms with van der Waals surface area (Å²) in [6.45, 7) is 7.06. The largest absolute Gasteiger partial charge is 0.504 e. The lowest BCUT2D eigenvalue weighted by molar-refractivity contribution is -0.120. The van der Waals surface area contributed by atoms with Crippen LogP contribution in [-0.4, -0.2) is 21.8 Å². The summed E-state index contributed by atoms with van der Waals surface area (Å²) in [5.74, 6) is -2.65. The number of aliphatic hydroxyl groups is 2. The van der Waals surface area contributed by atoms with Crippen molar-refractivity contribution >= 4 is 11.6 Å². The van der Waals surface area contributed by atoms with E-state index < -0.39 is 23.1 Å². The molecule has 104 valence electrons. The fraction of sp³-hybridized carbons (Fsp3) is 0.467. The van der Waals surface area contributed by atoms with E-state index in [0.717, 1.165) is 6.42 Å². The van der Waals surface area contributed by atoms with E-state index in [4.69, 9.17) is 0 Å². The van der Waals surface area contributed by atoms with Gasteiger partial charge in [0.15, 0.2) is 11.5 Å². The van der Waals surface area contributed by atoms with Crippen LogP contribution in [0.2, 0.25) is 0 Å². The Morgan fingerprint density at radius 2 is 1.74 bits per heavy atom. The molecular weight excluding hydrogens is 244 g/mol. The Balaban J connectivity index is 2.96. The molecule has 0 saturated heterocycles. The van der Waals surface area contributed by atoms with Gasteiger partial charge in [-0.25, -0.2) is 0 Å². The molecule has 19 heavy (non-hydrogen) atoms. The van der Waals surface area contributed by atoms with Gasteiger partial charge in [0, 0.05) is 5.57 Å². The molecule has 1 aliphatic rings. The molecular formula is C15H20O4. The van der Waals surface area contributed by atoms with Gasteiger partial charge in [-0.3, -0.25) is 9.59 Å². The van der Waals surface area contributed by atoms with E-state index in [1.54, 1.807) is 6.92 Å². The maximum Gasteiger partial charge on any atom is 0.227 e. The molecule has 0 aromatic rings. The van der Waals surface area contributed by atoms with E-state index >= 15 is 0 Å². The Hall–Kier alpha value is -1.84. The summed E-state index contributed by atoms with van der Waals surface area (Å²) in [4.78, 5) is 23.6. The second-order valence-electron chi connectivity index (χ2n) is 5.15. The molecule has 0 aliphatic heterocycles. The van der Waals surface area contributed by atoms with Crippen molar-refractivity contribution in [2.45, 2.75) is 40.5 Å². The number of hydrogen-bond acceptors (Lipinski definition) is 4. The lowest BCUT2D eigenvalue weighted by Crippen LogP contribution is -2.26. The third kappa shape index (κ3) is 3.13. The summed E-state index contributed by atoms with van der Waals surface area (Å²) in [5.41, 5.74) is 1.10. The zero-order valence-corrected chi connectivity index (χ0v) is 11.8. The monoisotopic (exact) mass is 264 g/mol. The fourth-order valence-electron chi connectivity index (χ4n) is 2.04. The molecule has 4 heteroatoms. The zero-order chi connectivity index (χ0) is 14.7. The number of hydrogen-bond donors (Lipinski definition) is 2. The van der Waals surface area contributed by atoms with E-state index in [-0.39, 0.29) is 17.1 Å². The van der Waals surface area contributed by atoms with E-state index in [1.807, 2.05) is 19.9 Å². The second-order valence-corrected chi connectivity index (χ2v) is 5.15. The predicted octanol–water partition coefficient (Wildman–Crippen LogP) is 3.16. The average molecular weight is 264 g/mol. The van der Waals surface area contributed by atoms with Crippen LogP contribution in [0.5, 0.6) is 0 Å². The lowest BCUT2D eigenvalue weighted by atomic mass is 9.85. The Labute approximate surface area is 113 Å². The van der Waals surface area contributed by atoms with Crippen LogP contribution in [0, 0.1) is 5.92 Å². The molecule has 0 amide bonds. The normalized spacial score (nSPS) is 17.9. The minimum Gasteiger partial charge on any atom is -0.504 e. The molecule has 2 N–H and O–H groups in total. The average Bonchev–Trinajstić information content (AvgIpc) is 2.34. The van der Waals surface area contributed by atoms with Gasteiger partial charge in [-0.1, -0.05) is 18.6 Å². The summed E-state index contributed by atoms with van der Waals surface area (Å²) in [6, 6.07) is 0. The first-order valence-corrected chi connectivity index (χ1v) is 6.33. The number of allylic oxidation sites excluding steroid dienone is 4. The molecule has 1 unspecified atom stereocenters. The molecule has 1 atom stereocenters. The zero-order valence-electron chi connectivity index (χ0n) is 11.8.